The lowest BCUT2D eigenvalue weighted by atomic mass is 9.89. The molecule has 1 fully saturated rings. The van der Waals surface area contributed by atoms with Crippen LogP contribution in [0, 0.1) is 5.92 Å². The minimum atomic E-state index is 0.529. The summed E-state index contributed by atoms with van der Waals surface area (Å²) in [5.74, 6) is 1.80. The van der Waals surface area contributed by atoms with Gasteiger partial charge in [-0.25, -0.2) is 0 Å². The van der Waals surface area contributed by atoms with Crippen LogP contribution in [0.5, 0.6) is 5.75 Å². The van der Waals surface area contributed by atoms with Gasteiger partial charge >= 0.3 is 0 Å². The number of benzene rings is 1. The molecule has 2 N–H and O–H groups in total. The minimum absolute atomic E-state index is 0.529. The van der Waals surface area contributed by atoms with Crippen molar-refractivity contribution in [3.8, 4) is 5.75 Å². The first-order valence-electron chi connectivity index (χ1n) is 7.77. The summed E-state index contributed by atoms with van der Waals surface area (Å²) in [6, 6.07) is 6.38. The van der Waals surface area contributed by atoms with Gasteiger partial charge in [0, 0.05) is 25.2 Å². The molecular formula is C17H28N2O. The van der Waals surface area contributed by atoms with Gasteiger partial charge in [0.1, 0.15) is 5.75 Å². The lowest BCUT2D eigenvalue weighted by Crippen LogP contribution is -2.26. The van der Waals surface area contributed by atoms with Crippen LogP contribution < -0.4 is 10.5 Å². The highest BCUT2D eigenvalue weighted by Crippen LogP contribution is 2.25. The van der Waals surface area contributed by atoms with E-state index in [0.717, 1.165) is 23.8 Å². The van der Waals surface area contributed by atoms with Crippen molar-refractivity contribution in [3.05, 3.63) is 29.3 Å². The van der Waals surface area contributed by atoms with E-state index in [1.807, 2.05) is 0 Å². The van der Waals surface area contributed by atoms with Crippen molar-refractivity contribution < 1.29 is 4.74 Å². The summed E-state index contributed by atoms with van der Waals surface area (Å²) in [4.78, 5) is 2.44. The SMILES string of the molecule is COc1cc(CN(C)CC2CCCCC2)ccc1CN. The summed E-state index contributed by atoms with van der Waals surface area (Å²) >= 11 is 0. The van der Waals surface area contributed by atoms with Gasteiger partial charge in [-0.3, -0.25) is 0 Å². The predicted octanol–water partition coefficient (Wildman–Crippen LogP) is 3.17. The third-order valence-electron chi connectivity index (χ3n) is 4.32. The molecule has 1 aromatic rings. The fourth-order valence-corrected chi connectivity index (χ4v) is 3.24. The van der Waals surface area contributed by atoms with Crippen molar-refractivity contribution in [1.82, 2.24) is 4.90 Å². The molecule has 0 heterocycles. The first-order valence-corrected chi connectivity index (χ1v) is 7.77. The molecule has 20 heavy (non-hydrogen) atoms. The maximum Gasteiger partial charge on any atom is 0.123 e. The Balaban J connectivity index is 1.91. The molecule has 3 heteroatoms. The van der Waals surface area contributed by atoms with Crippen molar-refractivity contribution in [3.63, 3.8) is 0 Å². The van der Waals surface area contributed by atoms with Crippen LogP contribution in [0.25, 0.3) is 0 Å². The van der Waals surface area contributed by atoms with Gasteiger partial charge in [0.25, 0.3) is 0 Å². The van der Waals surface area contributed by atoms with Crippen LogP contribution in [-0.2, 0) is 13.1 Å². The second-order valence-corrected chi connectivity index (χ2v) is 6.05. The van der Waals surface area contributed by atoms with Crippen molar-refractivity contribution in [2.45, 2.75) is 45.2 Å². The molecule has 112 valence electrons. The number of nitrogens with two attached hydrogens (primary N) is 1. The van der Waals surface area contributed by atoms with E-state index >= 15 is 0 Å². The number of hydrogen-bond donors (Lipinski definition) is 1. The third-order valence-corrected chi connectivity index (χ3v) is 4.32. The Morgan fingerprint density at radius 1 is 1.25 bits per heavy atom. The van der Waals surface area contributed by atoms with Gasteiger partial charge in [0.15, 0.2) is 0 Å². The van der Waals surface area contributed by atoms with Crippen molar-refractivity contribution in [2.24, 2.45) is 11.7 Å². The van der Waals surface area contributed by atoms with Gasteiger partial charge in [-0.05, 0) is 37.4 Å². The quantitative estimate of drug-likeness (QED) is 0.867. The molecule has 0 saturated heterocycles. The molecule has 0 aliphatic heterocycles. The van der Waals surface area contributed by atoms with E-state index in [1.54, 1.807) is 7.11 Å². The van der Waals surface area contributed by atoms with E-state index in [0.29, 0.717) is 6.54 Å². The summed E-state index contributed by atoms with van der Waals surface area (Å²) in [7, 11) is 3.93. The maximum absolute atomic E-state index is 5.71. The largest absolute Gasteiger partial charge is 0.496 e. The van der Waals surface area contributed by atoms with E-state index < -0.39 is 0 Å². The Hall–Kier alpha value is -1.06. The van der Waals surface area contributed by atoms with Crippen LogP contribution in [-0.4, -0.2) is 25.6 Å². The van der Waals surface area contributed by atoms with Gasteiger partial charge in [-0.2, -0.15) is 0 Å². The average Bonchev–Trinajstić information content (AvgIpc) is 2.48. The van der Waals surface area contributed by atoms with E-state index in [-0.39, 0.29) is 0 Å². The molecule has 0 amide bonds. The molecule has 1 aliphatic carbocycles. The van der Waals surface area contributed by atoms with Gasteiger partial charge in [0.05, 0.1) is 7.11 Å². The van der Waals surface area contributed by atoms with Crippen LogP contribution >= 0.6 is 0 Å². The lowest BCUT2D eigenvalue weighted by Gasteiger charge is -2.27. The number of hydrogen-bond acceptors (Lipinski definition) is 3. The molecule has 1 aliphatic rings. The van der Waals surface area contributed by atoms with Crippen LogP contribution in [0.1, 0.15) is 43.2 Å². The Labute approximate surface area is 123 Å². The third kappa shape index (κ3) is 4.22. The number of nitrogens with zero attached hydrogens (tertiary/aromatic N) is 1. The molecule has 0 spiro atoms. The average molecular weight is 276 g/mol. The molecule has 3 nitrogen and oxygen atoms in total. The highest BCUT2D eigenvalue weighted by Gasteiger charge is 2.15. The molecule has 1 aromatic carbocycles. The van der Waals surface area contributed by atoms with Crippen molar-refractivity contribution in [2.75, 3.05) is 20.7 Å². The van der Waals surface area contributed by atoms with Gasteiger partial charge in [-0.1, -0.05) is 31.4 Å². The van der Waals surface area contributed by atoms with E-state index in [9.17, 15) is 0 Å². The zero-order chi connectivity index (χ0) is 14.4. The summed E-state index contributed by atoms with van der Waals surface area (Å²) in [5, 5.41) is 0. The van der Waals surface area contributed by atoms with Gasteiger partial charge < -0.3 is 15.4 Å². The molecule has 0 unspecified atom stereocenters. The number of methoxy groups -OCH3 is 1. The Bertz CT molecular complexity index is 413. The minimum Gasteiger partial charge on any atom is -0.496 e. The zero-order valence-electron chi connectivity index (χ0n) is 12.9. The maximum atomic E-state index is 5.71. The lowest BCUT2D eigenvalue weighted by molar-refractivity contribution is 0.228. The topological polar surface area (TPSA) is 38.5 Å². The molecule has 2 rings (SSSR count). The first kappa shape index (κ1) is 15.3. The standard InChI is InChI=1S/C17H28N2O/c1-19(12-14-6-4-3-5-7-14)13-15-8-9-16(11-18)17(10-15)20-2/h8-10,14H,3-7,11-13,18H2,1-2H3. The molecular weight excluding hydrogens is 248 g/mol. The van der Waals surface area contributed by atoms with E-state index in [1.165, 1.54) is 44.2 Å². The molecule has 0 aromatic heterocycles. The van der Waals surface area contributed by atoms with Crippen molar-refractivity contribution >= 4 is 0 Å². The van der Waals surface area contributed by atoms with Gasteiger partial charge in [-0.15, -0.1) is 0 Å². The van der Waals surface area contributed by atoms with E-state index in [4.69, 9.17) is 10.5 Å². The summed E-state index contributed by atoms with van der Waals surface area (Å²) < 4.78 is 5.41. The Kier molecular flexibility index (Phi) is 5.86. The highest BCUT2D eigenvalue weighted by molar-refractivity contribution is 5.37. The molecule has 0 radical (unpaired) electrons. The first-order chi connectivity index (χ1) is 9.72. The van der Waals surface area contributed by atoms with Gasteiger partial charge in [0.2, 0.25) is 0 Å². The molecule has 0 atom stereocenters. The van der Waals surface area contributed by atoms with E-state index in [2.05, 4.69) is 30.1 Å². The number of rotatable bonds is 6. The molecule has 1 saturated carbocycles. The number of ether oxygens (including phenoxy) is 1. The van der Waals surface area contributed by atoms with Crippen LogP contribution in [0.4, 0.5) is 0 Å². The Morgan fingerprint density at radius 3 is 2.65 bits per heavy atom. The highest BCUT2D eigenvalue weighted by atomic mass is 16.5. The smallest absolute Gasteiger partial charge is 0.123 e. The second-order valence-electron chi connectivity index (χ2n) is 6.05. The normalized spacial score (nSPS) is 16.6. The monoisotopic (exact) mass is 276 g/mol. The van der Waals surface area contributed by atoms with Crippen LogP contribution in [0.2, 0.25) is 0 Å². The van der Waals surface area contributed by atoms with Crippen LogP contribution in [0.3, 0.4) is 0 Å². The zero-order valence-corrected chi connectivity index (χ0v) is 12.9. The molecule has 0 bridgehead atoms. The summed E-state index contributed by atoms with van der Waals surface area (Å²) in [6.07, 6.45) is 7.06. The predicted molar refractivity (Wildman–Crippen MR) is 83.8 cm³/mol. The second kappa shape index (κ2) is 7.65. The van der Waals surface area contributed by atoms with Crippen molar-refractivity contribution in [1.29, 1.82) is 0 Å². The summed E-state index contributed by atoms with van der Waals surface area (Å²) in [5.41, 5.74) is 8.09. The fourth-order valence-electron chi connectivity index (χ4n) is 3.24. The Morgan fingerprint density at radius 2 is 2.00 bits per heavy atom. The van der Waals surface area contributed by atoms with Crippen LogP contribution in [0.15, 0.2) is 18.2 Å². The fraction of sp³-hybridized carbons (Fsp3) is 0.647. The summed E-state index contributed by atoms with van der Waals surface area (Å²) in [6.45, 7) is 2.72.